The highest BCUT2D eigenvalue weighted by atomic mass is 19.1. The minimum atomic E-state index is -0.375. The SMILES string of the molecule is CCCc1cc(NN)c2c(OC)ccc(F)c2n1. The maximum atomic E-state index is 13.9. The van der Waals surface area contributed by atoms with Crippen molar-refractivity contribution in [2.24, 2.45) is 5.84 Å². The number of benzene rings is 1. The van der Waals surface area contributed by atoms with E-state index in [1.807, 2.05) is 13.0 Å². The van der Waals surface area contributed by atoms with Gasteiger partial charge in [0.25, 0.3) is 0 Å². The van der Waals surface area contributed by atoms with E-state index in [2.05, 4.69) is 10.4 Å². The molecule has 0 saturated carbocycles. The molecule has 0 fully saturated rings. The van der Waals surface area contributed by atoms with Gasteiger partial charge in [0.1, 0.15) is 17.1 Å². The standard InChI is InChI=1S/C13H16FN3O/c1-3-4-8-7-10(17-15)12-11(18-2)6-5-9(14)13(12)16-8/h5-7H,3-4,15H2,1-2H3,(H,16,17). The largest absolute Gasteiger partial charge is 0.496 e. The average Bonchev–Trinajstić information content (AvgIpc) is 2.39. The lowest BCUT2D eigenvalue weighted by Gasteiger charge is -2.12. The van der Waals surface area contributed by atoms with E-state index in [0.717, 1.165) is 18.5 Å². The Morgan fingerprint density at radius 3 is 2.83 bits per heavy atom. The van der Waals surface area contributed by atoms with Gasteiger partial charge in [-0.2, -0.15) is 0 Å². The van der Waals surface area contributed by atoms with E-state index in [-0.39, 0.29) is 11.3 Å². The number of hydrogen-bond acceptors (Lipinski definition) is 4. The molecule has 5 heteroatoms. The molecule has 0 saturated heterocycles. The summed E-state index contributed by atoms with van der Waals surface area (Å²) in [6.07, 6.45) is 1.72. The molecule has 0 bridgehead atoms. The van der Waals surface area contributed by atoms with Crippen LogP contribution in [0.25, 0.3) is 10.9 Å². The van der Waals surface area contributed by atoms with Gasteiger partial charge in [0.05, 0.1) is 18.2 Å². The van der Waals surface area contributed by atoms with E-state index in [1.165, 1.54) is 13.2 Å². The third-order valence-electron chi connectivity index (χ3n) is 2.81. The van der Waals surface area contributed by atoms with Crippen LogP contribution in [0, 0.1) is 5.82 Å². The van der Waals surface area contributed by atoms with Crippen molar-refractivity contribution in [2.45, 2.75) is 19.8 Å². The van der Waals surface area contributed by atoms with E-state index < -0.39 is 0 Å². The second-order valence-corrected chi connectivity index (χ2v) is 4.03. The maximum Gasteiger partial charge on any atom is 0.149 e. The topological polar surface area (TPSA) is 60.2 Å². The smallest absolute Gasteiger partial charge is 0.149 e. The highest BCUT2D eigenvalue weighted by Gasteiger charge is 2.13. The van der Waals surface area contributed by atoms with Gasteiger partial charge in [-0.05, 0) is 24.6 Å². The molecule has 4 nitrogen and oxygen atoms in total. The summed E-state index contributed by atoms with van der Waals surface area (Å²) in [6, 6.07) is 4.75. The van der Waals surface area contributed by atoms with Crippen molar-refractivity contribution in [3.8, 4) is 5.75 Å². The Labute approximate surface area is 105 Å². The van der Waals surface area contributed by atoms with Crippen LogP contribution in [0.3, 0.4) is 0 Å². The maximum absolute atomic E-state index is 13.9. The highest BCUT2D eigenvalue weighted by Crippen LogP contribution is 2.33. The van der Waals surface area contributed by atoms with Crippen molar-refractivity contribution in [3.63, 3.8) is 0 Å². The summed E-state index contributed by atoms with van der Waals surface area (Å²) in [6.45, 7) is 2.04. The van der Waals surface area contributed by atoms with E-state index in [1.54, 1.807) is 6.07 Å². The Morgan fingerprint density at radius 2 is 2.22 bits per heavy atom. The Bertz CT molecular complexity index is 572. The predicted molar refractivity (Wildman–Crippen MR) is 70.1 cm³/mol. The zero-order chi connectivity index (χ0) is 13.1. The molecular weight excluding hydrogens is 233 g/mol. The first-order valence-corrected chi connectivity index (χ1v) is 5.84. The molecule has 2 aromatic rings. The lowest BCUT2D eigenvalue weighted by molar-refractivity contribution is 0.419. The lowest BCUT2D eigenvalue weighted by atomic mass is 10.1. The van der Waals surface area contributed by atoms with Crippen LogP contribution in [-0.4, -0.2) is 12.1 Å². The lowest BCUT2D eigenvalue weighted by Crippen LogP contribution is -2.09. The third kappa shape index (κ3) is 2.09. The number of nitrogens with zero attached hydrogens (tertiary/aromatic N) is 1. The Kier molecular flexibility index (Phi) is 3.62. The second-order valence-electron chi connectivity index (χ2n) is 4.03. The number of aromatic nitrogens is 1. The van der Waals surface area contributed by atoms with Gasteiger partial charge in [0.15, 0.2) is 0 Å². The molecule has 2 rings (SSSR count). The Balaban J connectivity index is 2.77. The molecule has 0 aliphatic rings. The summed E-state index contributed by atoms with van der Waals surface area (Å²) in [7, 11) is 1.53. The van der Waals surface area contributed by atoms with Crippen LogP contribution in [0.15, 0.2) is 18.2 Å². The Morgan fingerprint density at radius 1 is 1.44 bits per heavy atom. The number of methoxy groups -OCH3 is 1. The summed E-state index contributed by atoms with van der Waals surface area (Å²) in [5, 5.41) is 0.569. The Hall–Kier alpha value is -1.88. The fraction of sp³-hybridized carbons (Fsp3) is 0.308. The molecule has 3 N–H and O–H groups in total. The zero-order valence-corrected chi connectivity index (χ0v) is 10.5. The van der Waals surface area contributed by atoms with Crippen molar-refractivity contribution in [1.82, 2.24) is 4.98 Å². The van der Waals surface area contributed by atoms with Gasteiger partial charge in [-0.25, -0.2) is 9.37 Å². The number of pyridine rings is 1. The zero-order valence-electron chi connectivity index (χ0n) is 10.5. The quantitative estimate of drug-likeness (QED) is 0.646. The number of fused-ring (bicyclic) bond motifs is 1. The minimum Gasteiger partial charge on any atom is -0.496 e. The molecule has 0 radical (unpaired) electrons. The van der Waals surface area contributed by atoms with Gasteiger partial charge < -0.3 is 10.2 Å². The van der Waals surface area contributed by atoms with Crippen molar-refractivity contribution >= 4 is 16.6 Å². The number of halogens is 1. The van der Waals surface area contributed by atoms with Gasteiger partial charge in [0, 0.05) is 5.69 Å². The van der Waals surface area contributed by atoms with Crippen LogP contribution in [-0.2, 0) is 6.42 Å². The first-order chi connectivity index (χ1) is 8.71. The van der Waals surface area contributed by atoms with Crippen LogP contribution in [0.1, 0.15) is 19.0 Å². The van der Waals surface area contributed by atoms with Crippen molar-refractivity contribution < 1.29 is 9.13 Å². The average molecular weight is 249 g/mol. The van der Waals surface area contributed by atoms with Crippen molar-refractivity contribution in [3.05, 3.63) is 29.7 Å². The minimum absolute atomic E-state index is 0.285. The molecule has 0 aliphatic carbocycles. The number of nitrogen functional groups attached to an aromatic ring is 1. The van der Waals surface area contributed by atoms with E-state index in [4.69, 9.17) is 10.6 Å². The molecule has 0 atom stereocenters. The number of rotatable bonds is 4. The normalized spacial score (nSPS) is 10.7. The van der Waals surface area contributed by atoms with Crippen LogP contribution in [0.5, 0.6) is 5.75 Å². The molecule has 0 amide bonds. The first-order valence-electron chi connectivity index (χ1n) is 5.84. The molecule has 0 aliphatic heterocycles. The number of ether oxygens (including phenoxy) is 1. The van der Waals surface area contributed by atoms with Gasteiger partial charge >= 0.3 is 0 Å². The van der Waals surface area contributed by atoms with Crippen LogP contribution < -0.4 is 16.0 Å². The summed E-state index contributed by atoms with van der Waals surface area (Å²) >= 11 is 0. The number of hydrazine groups is 1. The van der Waals surface area contributed by atoms with Gasteiger partial charge in [-0.15, -0.1) is 0 Å². The number of aryl methyl sites for hydroxylation is 1. The monoisotopic (exact) mass is 249 g/mol. The number of hydrogen-bond donors (Lipinski definition) is 2. The number of nitrogens with one attached hydrogen (secondary N) is 1. The molecular formula is C13H16FN3O. The van der Waals surface area contributed by atoms with E-state index in [9.17, 15) is 4.39 Å². The van der Waals surface area contributed by atoms with Crippen molar-refractivity contribution in [2.75, 3.05) is 12.5 Å². The fourth-order valence-electron chi connectivity index (χ4n) is 2.00. The van der Waals surface area contributed by atoms with E-state index in [0.29, 0.717) is 16.8 Å². The van der Waals surface area contributed by atoms with E-state index >= 15 is 0 Å². The predicted octanol–water partition coefficient (Wildman–Crippen LogP) is 2.62. The third-order valence-corrected chi connectivity index (χ3v) is 2.81. The first kappa shape index (κ1) is 12.6. The molecule has 18 heavy (non-hydrogen) atoms. The molecule has 96 valence electrons. The summed E-state index contributed by atoms with van der Waals surface area (Å²) in [5.74, 6) is 5.67. The highest BCUT2D eigenvalue weighted by molar-refractivity contribution is 5.96. The number of anilines is 1. The summed E-state index contributed by atoms with van der Waals surface area (Å²) in [5.41, 5.74) is 4.30. The molecule has 0 spiro atoms. The van der Waals surface area contributed by atoms with Crippen LogP contribution >= 0.6 is 0 Å². The van der Waals surface area contributed by atoms with Crippen LogP contribution in [0.4, 0.5) is 10.1 Å². The summed E-state index contributed by atoms with van der Waals surface area (Å²) < 4.78 is 19.1. The van der Waals surface area contributed by atoms with Gasteiger partial charge in [-0.1, -0.05) is 13.3 Å². The second kappa shape index (κ2) is 5.18. The molecule has 1 aromatic heterocycles. The van der Waals surface area contributed by atoms with Gasteiger partial charge in [0.2, 0.25) is 0 Å². The summed E-state index contributed by atoms with van der Waals surface area (Å²) in [4.78, 5) is 4.33. The molecule has 1 heterocycles. The molecule has 0 unspecified atom stereocenters. The van der Waals surface area contributed by atoms with Crippen molar-refractivity contribution in [1.29, 1.82) is 0 Å². The van der Waals surface area contributed by atoms with Gasteiger partial charge in [-0.3, -0.25) is 5.84 Å². The van der Waals surface area contributed by atoms with Crippen LogP contribution in [0.2, 0.25) is 0 Å². The molecule has 1 aromatic carbocycles. The number of nitrogens with two attached hydrogens (primary N) is 1. The fourth-order valence-corrected chi connectivity index (χ4v) is 2.00.